The first-order valence-electron chi connectivity index (χ1n) is 9.08. The van der Waals surface area contributed by atoms with Gasteiger partial charge in [0.25, 0.3) is 5.91 Å². The van der Waals surface area contributed by atoms with Crippen molar-refractivity contribution in [1.29, 1.82) is 0 Å². The molecule has 0 aromatic heterocycles. The Hall–Kier alpha value is -2.73. The molecule has 0 aliphatic carbocycles. The Labute approximate surface area is 188 Å². The molecule has 0 atom stereocenters. The Kier molecular flexibility index (Phi) is 6.43. The fraction of sp³-hybridized carbons (Fsp3) is 0.0435. The van der Waals surface area contributed by atoms with E-state index in [2.05, 4.69) is 10.3 Å². The molecule has 1 saturated heterocycles. The van der Waals surface area contributed by atoms with Crippen molar-refractivity contribution in [3.63, 3.8) is 0 Å². The molecule has 0 saturated carbocycles. The highest BCUT2D eigenvalue weighted by molar-refractivity contribution is 8.18. The highest BCUT2D eigenvalue weighted by Crippen LogP contribution is 2.29. The number of hydrogen-bond acceptors (Lipinski definition) is 4. The third kappa shape index (κ3) is 5.25. The molecule has 0 unspecified atom stereocenters. The van der Waals surface area contributed by atoms with Gasteiger partial charge < -0.3 is 10.1 Å². The van der Waals surface area contributed by atoms with Gasteiger partial charge in [-0.25, -0.2) is 4.99 Å². The first kappa shape index (κ1) is 20.5. The summed E-state index contributed by atoms with van der Waals surface area (Å²) in [5.41, 5.74) is 2.49. The number of halogens is 2. The van der Waals surface area contributed by atoms with E-state index in [-0.39, 0.29) is 5.91 Å². The van der Waals surface area contributed by atoms with Gasteiger partial charge in [-0.1, -0.05) is 59.6 Å². The predicted octanol–water partition coefficient (Wildman–Crippen LogP) is 6.46. The van der Waals surface area contributed by atoms with E-state index in [9.17, 15) is 4.79 Å². The molecule has 4 rings (SSSR count). The predicted molar refractivity (Wildman–Crippen MR) is 124 cm³/mol. The Bertz CT molecular complexity index is 1150. The summed E-state index contributed by atoms with van der Waals surface area (Å²) in [6.45, 7) is 0.319. The lowest BCUT2D eigenvalue weighted by molar-refractivity contribution is -0.115. The summed E-state index contributed by atoms with van der Waals surface area (Å²) in [4.78, 5) is 17.3. The summed E-state index contributed by atoms with van der Waals surface area (Å²) in [6.07, 6.45) is 1.82. The van der Waals surface area contributed by atoms with Crippen LogP contribution in [-0.4, -0.2) is 11.1 Å². The average Bonchev–Trinajstić information content (AvgIpc) is 3.07. The van der Waals surface area contributed by atoms with Gasteiger partial charge >= 0.3 is 0 Å². The van der Waals surface area contributed by atoms with Crippen LogP contribution in [0.25, 0.3) is 6.08 Å². The Morgan fingerprint density at radius 3 is 2.63 bits per heavy atom. The molecule has 150 valence electrons. The summed E-state index contributed by atoms with van der Waals surface area (Å²) in [5, 5.41) is 4.49. The Morgan fingerprint density at radius 2 is 1.83 bits per heavy atom. The lowest BCUT2D eigenvalue weighted by Crippen LogP contribution is -2.19. The van der Waals surface area contributed by atoms with E-state index in [0.29, 0.717) is 32.5 Å². The van der Waals surface area contributed by atoms with Crippen LogP contribution in [0.5, 0.6) is 5.75 Å². The largest absolute Gasteiger partial charge is 0.489 e. The second kappa shape index (κ2) is 9.39. The van der Waals surface area contributed by atoms with Gasteiger partial charge in [0.2, 0.25) is 0 Å². The van der Waals surface area contributed by atoms with E-state index in [4.69, 9.17) is 27.9 Å². The van der Waals surface area contributed by atoms with E-state index in [1.165, 1.54) is 11.8 Å². The molecule has 1 N–H and O–H groups in total. The molecule has 3 aromatic carbocycles. The van der Waals surface area contributed by atoms with Crippen molar-refractivity contribution in [2.24, 2.45) is 4.99 Å². The van der Waals surface area contributed by atoms with E-state index < -0.39 is 0 Å². The summed E-state index contributed by atoms with van der Waals surface area (Å²) < 4.78 is 5.86. The minimum Gasteiger partial charge on any atom is -0.489 e. The van der Waals surface area contributed by atoms with Crippen LogP contribution in [0.3, 0.4) is 0 Å². The fourth-order valence-electron chi connectivity index (χ4n) is 2.75. The Balaban J connectivity index is 1.46. The van der Waals surface area contributed by atoms with Gasteiger partial charge in [0.1, 0.15) is 12.4 Å². The number of ether oxygens (including phenoxy) is 1. The highest BCUT2D eigenvalue weighted by Gasteiger charge is 2.23. The molecule has 1 aliphatic rings. The lowest BCUT2D eigenvalue weighted by Gasteiger charge is -2.09. The van der Waals surface area contributed by atoms with E-state index in [1.54, 1.807) is 12.1 Å². The molecule has 0 spiro atoms. The summed E-state index contributed by atoms with van der Waals surface area (Å²) in [7, 11) is 0. The van der Waals surface area contributed by atoms with Gasteiger partial charge in [-0.3, -0.25) is 4.79 Å². The summed E-state index contributed by atoms with van der Waals surface area (Å²) >= 11 is 13.4. The van der Waals surface area contributed by atoms with Crippen LogP contribution in [0, 0.1) is 0 Å². The van der Waals surface area contributed by atoms with Crippen LogP contribution in [-0.2, 0) is 11.4 Å². The number of nitrogens with zero attached hydrogens (tertiary/aromatic N) is 1. The van der Waals surface area contributed by atoms with Crippen LogP contribution in [0.1, 0.15) is 11.1 Å². The molecule has 1 amide bonds. The zero-order valence-corrected chi connectivity index (χ0v) is 18.0. The summed E-state index contributed by atoms with van der Waals surface area (Å²) in [6, 6.07) is 22.3. The maximum atomic E-state index is 12.3. The number of hydrogen-bond donors (Lipinski definition) is 1. The zero-order valence-electron chi connectivity index (χ0n) is 15.6. The highest BCUT2D eigenvalue weighted by atomic mass is 35.5. The number of thioether (sulfide) groups is 1. The van der Waals surface area contributed by atoms with Gasteiger partial charge in [-0.15, -0.1) is 0 Å². The quantitative estimate of drug-likeness (QED) is 0.449. The molecular weight excluding hydrogens is 439 g/mol. The number of carbonyl (C=O) groups is 1. The molecule has 4 nitrogen and oxygen atoms in total. The number of nitrogens with one attached hydrogen (secondary N) is 1. The van der Waals surface area contributed by atoms with Crippen molar-refractivity contribution in [3.8, 4) is 5.75 Å². The molecule has 0 bridgehead atoms. The summed E-state index contributed by atoms with van der Waals surface area (Å²) in [5.74, 6) is 0.505. The SMILES string of the molecule is O=C1NC(=Nc2ccccc2)S/C1=C/c1cccc(OCc2ccc(Cl)cc2Cl)c1. The molecular formula is C23H16Cl2N2O2S. The normalized spacial score (nSPS) is 16.1. The third-order valence-electron chi connectivity index (χ3n) is 4.20. The van der Waals surface area contributed by atoms with Gasteiger partial charge in [0.05, 0.1) is 10.6 Å². The Morgan fingerprint density at radius 1 is 1.00 bits per heavy atom. The maximum absolute atomic E-state index is 12.3. The van der Waals surface area contributed by atoms with Crippen molar-refractivity contribution in [3.05, 3.63) is 98.9 Å². The number of carbonyl (C=O) groups excluding carboxylic acids is 1. The number of para-hydroxylation sites is 1. The van der Waals surface area contributed by atoms with Crippen LogP contribution in [0.4, 0.5) is 5.69 Å². The van der Waals surface area contributed by atoms with Crippen molar-refractivity contribution < 1.29 is 9.53 Å². The number of aliphatic imine (C=N–C) groups is 1. The van der Waals surface area contributed by atoms with E-state index in [0.717, 1.165) is 16.8 Å². The maximum Gasteiger partial charge on any atom is 0.264 e. The van der Waals surface area contributed by atoms with Crippen LogP contribution in [0.2, 0.25) is 10.0 Å². The number of rotatable bonds is 5. The minimum absolute atomic E-state index is 0.172. The molecule has 1 aliphatic heterocycles. The molecule has 30 heavy (non-hydrogen) atoms. The second-order valence-electron chi connectivity index (χ2n) is 6.41. The van der Waals surface area contributed by atoms with Gasteiger partial charge in [-0.05, 0) is 59.8 Å². The van der Waals surface area contributed by atoms with Crippen LogP contribution < -0.4 is 10.1 Å². The standard InChI is InChI=1S/C23H16Cl2N2O2S/c24-17-10-9-16(20(25)13-17)14-29-19-8-4-5-15(11-19)12-21-22(28)27-23(30-21)26-18-6-2-1-3-7-18/h1-13H,14H2,(H,26,27,28)/b21-12+. The average molecular weight is 455 g/mol. The van der Waals surface area contributed by atoms with Crippen molar-refractivity contribution in [2.45, 2.75) is 6.61 Å². The van der Waals surface area contributed by atoms with E-state index in [1.807, 2.05) is 66.7 Å². The van der Waals surface area contributed by atoms with Crippen molar-refractivity contribution in [2.75, 3.05) is 0 Å². The molecule has 7 heteroatoms. The molecule has 1 heterocycles. The van der Waals surface area contributed by atoms with E-state index >= 15 is 0 Å². The smallest absolute Gasteiger partial charge is 0.264 e. The van der Waals surface area contributed by atoms with Gasteiger partial charge in [0.15, 0.2) is 5.17 Å². The molecule has 1 fully saturated rings. The number of amides is 1. The van der Waals surface area contributed by atoms with Crippen LogP contribution in [0.15, 0.2) is 82.7 Å². The van der Waals surface area contributed by atoms with Gasteiger partial charge in [-0.2, -0.15) is 0 Å². The van der Waals surface area contributed by atoms with Crippen molar-refractivity contribution in [1.82, 2.24) is 5.32 Å². The first-order valence-corrected chi connectivity index (χ1v) is 10.7. The molecule has 0 radical (unpaired) electrons. The van der Waals surface area contributed by atoms with Crippen molar-refractivity contribution >= 4 is 57.8 Å². The fourth-order valence-corrected chi connectivity index (χ4v) is 4.05. The first-order chi connectivity index (χ1) is 14.6. The second-order valence-corrected chi connectivity index (χ2v) is 8.29. The molecule has 3 aromatic rings. The number of benzene rings is 3. The van der Waals surface area contributed by atoms with Gasteiger partial charge in [0, 0.05) is 15.6 Å². The zero-order chi connectivity index (χ0) is 20.9. The van der Waals surface area contributed by atoms with Crippen LogP contribution >= 0.6 is 35.0 Å². The number of amidine groups is 1. The monoisotopic (exact) mass is 454 g/mol. The lowest BCUT2D eigenvalue weighted by atomic mass is 10.2. The minimum atomic E-state index is -0.172. The third-order valence-corrected chi connectivity index (χ3v) is 5.70. The topological polar surface area (TPSA) is 50.7 Å².